The summed E-state index contributed by atoms with van der Waals surface area (Å²) in [6.45, 7) is 0.989. The molecule has 0 unspecified atom stereocenters. The second-order valence-electron chi connectivity index (χ2n) is 4.48. The van der Waals surface area contributed by atoms with E-state index < -0.39 is 0 Å². The largest absolute Gasteiger partial charge is 0.472 e. The number of aromatic nitrogens is 2. The zero-order valence-electron chi connectivity index (χ0n) is 10.1. The van der Waals surface area contributed by atoms with Crippen molar-refractivity contribution in [3.63, 3.8) is 0 Å². The van der Waals surface area contributed by atoms with E-state index >= 15 is 0 Å². The van der Waals surface area contributed by atoms with Crippen LogP contribution in [-0.4, -0.2) is 16.7 Å². The van der Waals surface area contributed by atoms with Gasteiger partial charge in [-0.2, -0.15) is 4.98 Å². The number of rotatable bonds is 2. The van der Waals surface area contributed by atoms with E-state index in [9.17, 15) is 0 Å². The summed E-state index contributed by atoms with van der Waals surface area (Å²) in [5.74, 6) is 1.06. The molecule has 5 nitrogen and oxygen atoms in total. The first kappa shape index (κ1) is 10.4. The normalized spacial score (nSPS) is 13.3. The molecular weight excluding hydrogens is 242 g/mol. The topological polar surface area (TPSA) is 64.1 Å². The molecule has 19 heavy (non-hydrogen) atoms. The van der Waals surface area contributed by atoms with Crippen LogP contribution in [0, 0.1) is 0 Å². The Morgan fingerprint density at radius 2 is 2.16 bits per heavy atom. The molecule has 1 aromatic carbocycles. The molecule has 0 saturated heterocycles. The molecule has 2 aromatic heterocycles. The third-order valence-corrected chi connectivity index (χ3v) is 3.27. The summed E-state index contributed by atoms with van der Waals surface area (Å²) in [7, 11) is 0. The van der Waals surface area contributed by atoms with Gasteiger partial charge in [-0.1, -0.05) is 11.2 Å². The van der Waals surface area contributed by atoms with Gasteiger partial charge in [-0.15, -0.1) is 0 Å². The van der Waals surface area contributed by atoms with E-state index in [4.69, 9.17) is 8.94 Å². The number of hydrogen-bond acceptors (Lipinski definition) is 5. The first-order valence-corrected chi connectivity index (χ1v) is 6.13. The Hall–Kier alpha value is -2.56. The maximum absolute atomic E-state index is 5.30. The highest BCUT2D eigenvalue weighted by molar-refractivity contribution is 5.67. The van der Waals surface area contributed by atoms with Crippen molar-refractivity contribution in [1.82, 2.24) is 10.1 Å². The second-order valence-corrected chi connectivity index (χ2v) is 4.48. The van der Waals surface area contributed by atoms with Crippen molar-refractivity contribution in [2.75, 3.05) is 11.9 Å². The fourth-order valence-electron chi connectivity index (χ4n) is 2.27. The molecule has 0 amide bonds. The standard InChI is InChI=1S/C14H11N3O2/c1-2-10(7-12-9(1)3-5-15-12)14-16-13(17-19-14)11-4-6-18-8-11/h1-2,4,6-8,15H,3,5H2. The van der Waals surface area contributed by atoms with Gasteiger partial charge in [-0.05, 0) is 30.2 Å². The Kier molecular flexibility index (Phi) is 2.17. The maximum Gasteiger partial charge on any atom is 0.258 e. The van der Waals surface area contributed by atoms with Crippen LogP contribution in [0.4, 0.5) is 5.69 Å². The number of furan rings is 1. The lowest BCUT2D eigenvalue weighted by Crippen LogP contribution is -1.91. The predicted molar refractivity (Wildman–Crippen MR) is 69.6 cm³/mol. The first-order chi connectivity index (χ1) is 9.40. The molecule has 0 fully saturated rings. The summed E-state index contributed by atoms with van der Waals surface area (Å²) < 4.78 is 10.3. The molecule has 1 aliphatic rings. The third kappa shape index (κ3) is 1.71. The van der Waals surface area contributed by atoms with Gasteiger partial charge in [0.25, 0.3) is 5.89 Å². The van der Waals surface area contributed by atoms with Crippen LogP contribution in [0.15, 0.2) is 45.7 Å². The molecule has 0 saturated carbocycles. The molecule has 0 atom stereocenters. The Balaban J connectivity index is 1.73. The second kappa shape index (κ2) is 3.98. The summed E-state index contributed by atoms with van der Waals surface area (Å²) >= 11 is 0. The van der Waals surface area contributed by atoms with E-state index in [1.54, 1.807) is 18.6 Å². The Labute approximate surface area is 109 Å². The van der Waals surface area contributed by atoms with Gasteiger partial charge in [-0.3, -0.25) is 0 Å². The van der Waals surface area contributed by atoms with Crippen LogP contribution in [0.1, 0.15) is 5.56 Å². The van der Waals surface area contributed by atoms with Crippen molar-refractivity contribution in [2.45, 2.75) is 6.42 Å². The molecule has 3 aromatic rings. The van der Waals surface area contributed by atoms with E-state index in [-0.39, 0.29) is 0 Å². The highest BCUT2D eigenvalue weighted by Crippen LogP contribution is 2.29. The van der Waals surface area contributed by atoms with Crippen LogP contribution in [-0.2, 0) is 6.42 Å². The molecule has 94 valence electrons. The molecule has 5 heteroatoms. The number of hydrogen-bond donors (Lipinski definition) is 1. The summed E-state index contributed by atoms with van der Waals surface area (Å²) in [6, 6.07) is 7.97. The van der Waals surface area contributed by atoms with Crippen LogP contribution in [0.3, 0.4) is 0 Å². The Bertz CT molecular complexity index is 716. The van der Waals surface area contributed by atoms with Crippen molar-refractivity contribution in [3.05, 3.63) is 42.4 Å². The van der Waals surface area contributed by atoms with Gasteiger partial charge in [0.15, 0.2) is 0 Å². The average Bonchev–Trinajstić information content (AvgIpc) is 3.18. The molecule has 0 aliphatic carbocycles. The van der Waals surface area contributed by atoms with Gasteiger partial charge >= 0.3 is 0 Å². The molecule has 1 aliphatic heterocycles. The minimum atomic E-state index is 0.521. The minimum Gasteiger partial charge on any atom is -0.472 e. The average molecular weight is 253 g/mol. The van der Waals surface area contributed by atoms with E-state index in [1.165, 1.54) is 5.56 Å². The van der Waals surface area contributed by atoms with Gasteiger partial charge in [0.2, 0.25) is 5.82 Å². The van der Waals surface area contributed by atoms with Gasteiger partial charge in [0.05, 0.1) is 11.8 Å². The SMILES string of the molecule is c1cc(-c2noc(-c3ccc4c(c3)NCC4)n2)co1. The fraction of sp³-hybridized carbons (Fsp3) is 0.143. The van der Waals surface area contributed by atoms with Crippen LogP contribution in [0.25, 0.3) is 22.8 Å². The van der Waals surface area contributed by atoms with Gasteiger partial charge in [0, 0.05) is 17.8 Å². The predicted octanol–water partition coefficient (Wildman–Crippen LogP) is 2.96. The zero-order valence-corrected chi connectivity index (χ0v) is 10.1. The summed E-state index contributed by atoms with van der Waals surface area (Å²) in [5, 5.41) is 7.30. The minimum absolute atomic E-state index is 0.521. The molecule has 4 rings (SSSR count). The van der Waals surface area contributed by atoms with Crippen molar-refractivity contribution in [2.24, 2.45) is 0 Å². The molecule has 0 spiro atoms. The summed E-state index contributed by atoms with van der Waals surface area (Å²) in [5.41, 5.74) is 4.23. The molecular formula is C14H11N3O2. The van der Waals surface area contributed by atoms with E-state index in [0.29, 0.717) is 11.7 Å². The lowest BCUT2D eigenvalue weighted by atomic mass is 10.1. The lowest BCUT2D eigenvalue weighted by molar-refractivity contribution is 0.432. The highest BCUT2D eigenvalue weighted by Gasteiger charge is 2.15. The lowest BCUT2D eigenvalue weighted by Gasteiger charge is -2.00. The highest BCUT2D eigenvalue weighted by atomic mass is 16.5. The van der Waals surface area contributed by atoms with Crippen molar-refractivity contribution < 1.29 is 8.94 Å². The smallest absolute Gasteiger partial charge is 0.258 e. The molecule has 0 bridgehead atoms. The molecule has 0 radical (unpaired) electrons. The van der Waals surface area contributed by atoms with Crippen LogP contribution < -0.4 is 5.32 Å². The molecule has 3 heterocycles. The van der Waals surface area contributed by atoms with E-state index in [2.05, 4.69) is 27.6 Å². The van der Waals surface area contributed by atoms with Gasteiger partial charge in [-0.25, -0.2) is 0 Å². The Morgan fingerprint density at radius 3 is 3.05 bits per heavy atom. The number of nitrogens with one attached hydrogen (secondary N) is 1. The Morgan fingerprint density at radius 1 is 1.16 bits per heavy atom. The number of fused-ring (bicyclic) bond motifs is 1. The third-order valence-electron chi connectivity index (χ3n) is 3.27. The number of benzene rings is 1. The van der Waals surface area contributed by atoms with Gasteiger partial charge < -0.3 is 14.3 Å². The van der Waals surface area contributed by atoms with Crippen molar-refractivity contribution >= 4 is 5.69 Å². The van der Waals surface area contributed by atoms with Crippen LogP contribution in [0.2, 0.25) is 0 Å². The van der Waals surface area contributed by atoms with Crippen molar-refractivity contribution in [3.8, 4) is 22.8 Å². The number of nitrogens with zero attached hydrogens (tertiary/aromatic N) is 2. The fourth-order valence-corrected chi connectivity index (χ4v) is 2.27. The maximum atomic E-state index is 5.30. The monoisotopic (exact) mass is 253 g/mol. The van der Waals surface area contributed by atoms with Crippen LogP contribution >= 0.6 is 0 Å². The van der Waals surface area contributed by atoms with E-state index in [0.717, 1.165) is 29.8 Å². The number of anilines is 1. The van der Waals surface area contributed by atoms with Gasteiger partial charge in [0.1, 0.15) is 6.26 Å². The zero-order chi connectivity index (χ0) is 12.7. The quantitative estimate of drug-likeness (QED) is 0.760. The van der Waals surface area contributed by atoms with E-state index in [1.807, 2.05) is 6.07 Å². The van der Waals surface area contributed by atoms with Crippen molar-refractivity contribution in [1.29, 1.82) is 0 Å². The summed E-state index contributed by atoms with van der Waals surface area (Å²) in [6.07, 6.45) is 4.25. The summed E-state index contributed by atoms with van der Waals surface area (Å²) in [4.78, 5) is 4.38. The van der Waals surface area contributed by atoms with Crippen LogP contribution in [0.5, 0.6) is 0 Å². The molecule has 1 N–H and O–H groups in total. The first-order valence-electron chi connectivity index (χ1n) is 6.13.